The highest BCUT2D eigenvalue weighted by atomic mass is 16.5. The van der Waals surface area contributed by atoms with Gasteiger partial charge in [0.2, 0.25) is 0 Å². The summed E-state index contributed by atoms with van der Waals surface area (Å²) in [4.78, 5) is 17.1. The van der Waals surface area contributed by atoms with Crippen LogP contribution in [0.2, 0.25) is 0 Å². The minimum Gasteiger partial charge on any atom is -0.366 e. The Balaban J connectivity index is 1.56. The van der Waals surface area contributed by atoms with E-state index in [9.17, 15) is 4.79 Å². The number of morpholine rings is 1. The number of likely N-dealkylation sites (tertiary alicyclic amines) is 1. The molecule has 4 heteroatoms. The van der Waals surface area contributed by atoms with Crippen molar-refractivity contribution in [3.05, 3.63) is 35.9 Å². The summed E-state index contributed by atoms with van der Waals surface area (Å²) >= 11 is 0. The lowest BCUT2D eigenvalue weighted by atomic mass is 10.0. The first kappa shape index (κ1) is 16.5. The van der Waals surface area contributed by atoms with Crippen LogP contribution < -0.4 is 0 Å². The van der Waals surface area contributed by atoms with Crippen LogP contribution in [0, 0.1) is 5.92 Å². The van der Waals surface area contributed by atoms with Crippen LogP contribution in [0.15, 0.2) is 30.3 Å². The fourth-order valence-electron chi connectivity index (χ4n) is 3.52. The van der Waals surface area contributed by atoms with Crippen molar-refractivity contribution < 1.29 is 9.53 Å². The molecule has 1 aromatic carbocycles. The van der Waals surface area contributed by atoms with E-state index < -0.39 is 0 Å². The topological polar surface area (TPSA) is 32.8 Å². The van der Waals surface area contributed by atoms with Crippen molar-refractivity contribution in [2.45, 2.75) is 38.8 Å². The van der Waals surface area contributed by atoms with Gasteiger partial charge in [-0.25, -0.2) is 0 Å². The van der Waals surface area contributed by atoms with Crippen LogP contribution in [0.5, 0.6) is 0 Å². The molecule has 0 aliphatic carbocycles. The van der Waals surface area contributed by atoms with Crippen molar-refractivity contribution in [2.75, 3.05) is 32.8 Å². The highest BCUT2D eigenvalue weighted by Gasteiger charge is 2.30. The van der Waals surface area contributed by atoms with E-state index in [0.717, 1.165) is 44.9 Å². The molecule has 2 aliphatic rings. The Morgan fingerprint density at radius 2 is 2.00 bits per heavy atom. The van der Waals surface area contributed by atoms with Crippen LogP contribution in [0.3, 0.4) is 0 Å². The Bertz CT molecular complexity index is 505. The molecule has 3 rings (SSSR count). The molecule has 2 fully saturated rings. The van der Waals surface area contributed by atoms with Crippen molar-refractivity contribution in [3.63, 3.8) is 0 Å². The second kappa shape index (κ2) is 7.93. The predicted molar refractivity (Wildman–Crippen MR) is 91.1 cm³/mol. The number of carbonyl (C=O) groups excluding carboxylic acids is 1. The zero-order valence-corrected chi connectivity index (χ0v) is 14.1. The van der Waals surface area contributed by atoms with Gasteiger partial charge in [-0.15, -0.1) is 0 Å². The molecular formula is C19H28N2O2. The summed E-state index contributed by atoms with van der Waals surface area (Å²) in [5.74, 6) is 0.923. The van der Waals surface area contributed by atoms with Gasteiger partial charge < -0.3 is 9.64 Å². The maximum Gasteiger partial charge on any atom is 0.253 e. The molecule has 0 spiro atoms. The summed E-state index contributed by atoms with van der Waals surface area (Å²) in [7, 11) is 0. The first-order chi connectivity index (χ1) is 11.2. The molecule has 2 heterocycles. The third-order valence-corrected chi connectivity index (χ3v) is 5.00. The van der Waals surface area contributed by atoms with Crippen molar-refractivity contribution in [2.24, 2.45) is 5.92 Å². The molecule has 2 atom stereocenters. The number of hydrogen-bond acceptors (Lipinski definition) is 3. The number of amides is 1. The number of hydrogen-bond donors (Lipinski definition) is 0. The molecule has 2 aliphatic heterocycles. The van der Waals surface area contributed by atoms with Gasteiger partial charge in [0.1, 0.15) is 6.10 Å². The molecule has 0 radical (unpaired) electrons. The SMILES string of the molecule is C[C@@H]1CCCN(C(=O)[C@H]2CN(Cc3ccccc3)CCO2)CC1. The van der Waals surface area contributed by atoms with Gasteiger partial charge in [0, 0.05) is 32.7 Å². The molecule has 23 heavy (non-hydrogen) atoms. The Morgan fingerprint density at radius 3 is 2.83 bits per heavy atom. The molecule has 0 aromatic heterocycles. The zero-order valence-electron chi connectivity index (χ0n) is 14.1. The molecular weight excluding hydrogens is 288 g/mol. The minimum absolute atomic E-state index is 0.192. The van der Waals surface area contributed by atoms with Crippen molar-refractivity contribution >= 4 is 5.91 Å². The van der Waals surface area contributed by atoms with E-state index in [1.807, 2.05) is 11.0 Å². The maximum atomic E-state index is 12.8. The first-order valence-corrected chi connectivity index (χ1v) is 8.89. The van der Waals surface area contributed by atoms with E-state index in [-0.39, 0.29) is 12.0 Å². The van der Waals surface area contributed by atoms with Crippen LogP contribution in [-0.2, 0) is 16.1 Å². The van der Waals surface area contributed by atoms with Gasteiger partial charge in [0.05, 0.1) is 6.61 Å². The summed E-state index contributed by atoms with van der Waals surface area (Å²) in [5, 5.41) is 0. The number of benzene rings is 1. The second-order valence-electron chi connectivity index (χ2n) is 6.94. The Morgan fingerprint density at radius 1 is 1.17 bits per heavy atom. The van der Waals surface area contributed by atoms with Crippen molar-refractivity contribution in [1.82, 2.24) is 9.80 Å². The molecule has 0 bridgehead atoms. The second-order valence-corrected chi connectivity index (χ2v) is 6.94. The molecule has 0 saturated carbocycles. The maximum absolute atomic E-state index is 12.8. The van der Waals surface area contributed by atoms with Gasteiger partial charge in [-0.2, -0.15) is 0 Å². The molecule has 126 valence electrons. The number of ether oxygens (including phenoxy) is 1. The van der Waals surface area contributed by atoms with E-state index in [2.05, 4.69) is 36.1 Å². The summed E-state index contributed by atoms with van der Waals surface area (Å²) in [6.07, 6.45) is 3.18. The first-order valence-electron chi connectivity index (χ1n) is 8.89. The average Bonchev–Trinajstić information content (AvgIpc) is 2.80. The highest BCUT2D eigenvalue weighted by molar-refractivity contribution is 5.81. The fourth-order valence-corrected chi connectivity index (χ4v) is 3.52. The smallest absolute Gasteiger partial charge is 0.253 e. The van der Waals surface area contributed by atoms with E-state index in [1.54, 1.807) is 0 Å². The Kier molecular flexibility index (Phi) is 5.68. The van der Waals surface area contributed by atoms with E-state index in [0.29, 0.717) is 13.2 Å². The van der Waals surface area contributed by atoms with E-state index in [1.165, 1.54) is 12.0 Å². The predicted octanol–water partition coefficient (Wildman–Crippen LogP) is 2.54. The van der Waals surface area contributed by atoms with Gasteiger partial charge in [-0.3, -0.25) is 9.69 Å². The molecule has 0 N–H and O–H groups in total. The van der Waals surface area contributed by atoms with Gasteiger partial charge in [-0.05, 0) is 30.7 Å². The number of carbonyl (C=O) groups is 1. The quantitative estimate of drug-likeness (QED) is 0.859. The van der Waals surface area contributed by atoms with Crippen molar-refractivity contribution in [1.29, 1.82) is 0 Å². The Labute approximate surface area is 139 Å². The van der Waals surface area contributed by atoms with Gasteiger partial charge >= 0.3 is 0 Å². The van der Waals surface area contributed by atoms with Crippen LogP contribution in [-0.4, -0.2) is 54.6 Å². The van der Waals surface area contributed by atoms with E-state index in [4.69, 9.17) is 4.74 Å². The molecule has 0 unspecified atom stereocenters. The van der Waals surface area contributed by atoms with Gasteiger partial charge in [-0.1, -0.05) is 37.3 Å². The van der Waals surface area contributed by atoms with E-state index >= 15 is 0 Å². The van der Waals surface area contributed by atoms with Crippen LogP contribution >= 0.6 is 0 Å². The standard InChI is InChI=1S/C19H28N2O2/c1-16-6-5-10-21(11-9-16)19(22)18-15-20(12-13-23-18)14-17-7-3-2-4-8-17/h2-4,7-8,16,18H,5-6,9-15H2,1H3/t16-,18-/m1/s1. The lowest BCUT2D eigenvalue weighted by Crippen LogP contribution is -2.51. The molecule has 1 amide bonds. The monoisotopic (exact) mass is 316 g/mol. The zero-order chi connectivity index (χ0) is 16.1. The highest BCUT2D eigenvalue weighted by Crippen LogP contribution is 2.19. The lowest BCUT2D eigenvalue weighted by Gasteiger charge is -2.34. The summed E-state index contributed by atoms with van der Waals surface area (Å²) in [5.41, 5.74) is 1.30. The van der Waals surface area contributed by atoms with Gasteiger partial charge in [0.25, 0.3) is 5.91 Å². The van der Waals surface area contributed by atoms with Crippen molar-refractivity contribution in [3.8, 4) is 0 Å². The minimum atomic E-state index is -0.291. The summed E-state index contributed by atoms with van der Waals surface area (Å²) in [6.45, 7) is 7.21. The number of nitrogens with zero attached hydrogens (tertiary/aromatic N) is 2. The van der Waals surface area contributed by atoms with Crippen LogP contribution in [0.25, 0.3) is 0 Å². The van der Waals surface area contributed by atoms with Crippen LogP contribution in [0.1, 0.15) is 31.7 Å². The average molecular weight is 316 g/mol. The Hall–Kier alpha value is -1.39. The molecule has 1 aromatic rings. The summed E-state index contributed by atoms with van der Waals surface area (Å²) in [6, 6.07) is 10.5. The lowest BCUT2D eigenvalue weighted by molar-refractivity contribution is -0.149. The third kappa shape index (κ3) is 4.55. The summed E-state index contributed by atoms with van der Waals surface area (Å²) < 4.78 is 5.80. The molecule has 2 saturated heterocycles. The third-order valence-electron chi connectivity index (χ3n) is 5.00. The number of rotatable bonds is 3. The van der Waals surface area contributed by atoms with Crippen LogP contribution in [0.4, 0.5) is 0 Å². The fraction of sp³-hybridized carbons (Fsp3) is 0.632. The normalized spacial score (nSPS) is 26.7. The van der Waals surface area contributed by atoms with Gasteiger partial charge in [0.15, 0.2) is 0 Å². The largest absolute Gasteiger partial charge is 0.366 e. The molecule has 4 nitrogen and oxygen atoms in total.